The van der Waals surface area contributed by atoms with Crippen molar-refractivity contribution in [3.63, 3.8) is 0 Å². The van der Waals surface area contributed by atoms with E-state index >= 15 is 0 Å². The Hall–Kier alpha value is -2.61. The highest BCUT2D eigenvalue weighted by Crippen LogP contribution is 2.30. The number of benzene rings is 2. The summed E-state index contributed by atoms with van der Waals surface area (Å²) in [6, 6.07) is 16.6. The number of aromatic nitrogens is 1. The number of hydrogen-bond donors (Lipinski definition) is 1. The molecular formula is C18H16N2. The van der Waals surface area contributed by atoms with Gasteiger partial charge < -0.3 is 5.32 Å². The summed E-state index contributed by atoms with van der Waals surface area (Å²) in [5.41, 5.74) is 5.58. The fourth-order valence-corrected chi connectivity index (χ4v) is 2.47. The number of nitrogens with one attached hydrogen (secondary N) is 1. The van der Waals surface area contributed by atoms with Crippen LogP contribution >= 0.6 is 0 Å². The zero-order chi connectivity index (χ0) is 13.9. The zero-order valence-electron chi connectivity index (χ0n) is 11.4. The summed E-state index contributed by atoms with van der Waals surface area (Å²) in [4.78, 5) is 4.41. The van der Waals surface area contributed by atoms with Gasteiger partial charge in [-0.3, -0.25) is 4.98 Å². The monoisotopic (exact) mass is 260 g/mol. The lowest BCUT2D eigenvalue weighted by Gasteiger charge is -2.10. The van der Waals surface area contributed by atoms with Gasteiger partial charge in [-0.05, 0) is 41.0 Å². The molecule has 0 amide bonds. The maximum atomic E-state index is 4.41. The maximum absolute atomic E-state index is 4.41. The molecule has 3 aromatic rings. The molecule has 2 heteroatoms. The highest BCUT2D eigenvalue weighted by molar-refractivity contribution is 5.95. The highest BCUT2D eigenvalue weighted by Gasteiger charge is 2.06. The Bertz CT molecular complexity index is 770. The van der Waals surface area contributed by atoms with Gasteiger partial charge in [-0.15, -0.1) is 0 Å². The molecule has 1 N–H and O–H groups in total. The predicted molar refractivity (Wildman–Crippen MR) is 86.8 cm³/mol. The SMILES string of the molecule is C=Cc1cc(-c2ccnc3ccccc23)ccc1NC. The van der Waals surface area contributed by atoms with E-state index in [1.54, 1.807) is 0 Å². The summed E-state index contributed by atoms with van der Waals surface area (Å²) >= 11 is 0. The quantitative estimate of drug-likeness (QED) is 0.745. The number of anilines is 1. The third-order valence-electron chi connectivity index (χ3n) is 3.50. The van der Waals surface area contributed by atoms with Crippen LogP contribution in [0.25, 0.3) is 28.1 Å². The third-order valence-corrected chi connectivity index (χ3v) is 3.50. The van der Waals surface area contributed by atoms with Gasteiger partial charge in [0.25, 0.3) is 0 Å². The molecule has 0 atom stereocenters. The van der Waals surface area contributed by atoms with E-state index in [0.29, 0.717) is 0 Å². The van der Waals surface area contributed by atoms with Crippen LogP contribution < -0.4 is 5.32 Å². The fourth-order valence-electron chi connectivity index (χ4n) is 2.47. The summed E-state index contributed by atoms with van der Waals surface area (Å²) in [5.74, 6) is 0. The molecule has 0 saturated heterocycles. The van der Waals surface area contributed by atoms with Crippen molar-refractivity contribution < 1.29 is 0 Å². The van der Waals surface area contributed by atoms with Crippen LogP contribution in [0.1, 0.15) is 5.56 Å². The van der Waals surface area contributed by atoms with Gasteiger partial charge in [0.1, 0.15) is 0 Å². The van der Waals surface area contributed by atoms with E-state index < -0.39 is 0 Å². The Morgan fingerprint density at radius 3 is 2.75 bits per heavy atom. The molecule has 98 valence electrons. The van der Waals surface area contributed by atoms with Crippen LogP contribution in [0, 0.1) is 0 Å². The minimum atomic E-state index is 1.02. The van der Waals surface area contributed by atoms with Crippen LogP contribution in [0.3, 0.4) is 0 Å². The Morgan fingerprint density at radius 2 is 1.95 bits per heavy atom. The molecule has 0 spiro atoms. The van der Waals surface area contributed by atoms with Gasteiger partial charge in [0.2, 0.25) is 0 Å². The molecule has 1 aromatic heterocycles. The third kappa shape index (κ3) is 2.05. The Labute approximate surface area is 118 Å². The van der Waals surface area contributed by atoms with Crippen molar-refractivity contribution in [2.45, 2.75) is 0 Å². The van der Waals surface area contributed by atoms with Gasteiger partial charge in [0.05, 0.1) is 5.52 Å². The predicted octanol–water partition coefficient (Wildman–Crippen LogP) is 4.59. The van der Waals surface area contributed by atoms with Crippen LogP contribution in [-0.2, 0) is 0 Å². The summed E-state index contributed by atoms with van der Waals surface area (Å²) in [6.45, 7) is 3.88. The molecule has 1 heterocycles. The molecule has 3 rings (SSSR count). The summed E-state index contributed by atoms with van der Waals surface area (Å²) in [6.07, 6.45) is 3.73. The molecule has 2 aromatic carbocycles. The van der Waals surface area contributed by atoms with Crippen LogP contribution in [0.4, 0.5) is 5.69 Å². The summed E-state index contributed by atoms with van der Waals surface area (Å²) < 4.78 is 0. The lowest BCUT2D eigenvalue weighted by Crippen LogP contribution is -1.92. The second kappa shape index (κ2) is 5.17. The lowest BCUT2D eigenvalue weighted by atomic mass is 9.98. The van der Waals surface area contributed by atoms with Gasteiger partial charge in [-0.25, -0.2) is 0 Å². The van der Waals surface area contributed by atoms with Gasteiger partial charge in [-0.1, -0.05) is 36.9 Å². The van der Waals surface area contributed by atoms with Crippen molar-refractivity contribution in [2.24, 2.45) is 0 Å². The van der Waals surface area contributed by atoms with Gasteiger partial charge >= 0.3 is 0 Å². The van der Waals surface area contributed by atoms with Crippen molar-refractivity contribution in [1.82, 2.24) is 4.98 Å². The molecule has 0 saturated carbocycles. The molecule has 2 nitrogen and oxygen atoms in total. The smallest absolute Gasteiger partial charge is 0.0708 e. The molecule has 0 unspecified atom stereocenters. The lowest BCUT2D eigenvalue weighted by molar-refractivity contribution is 1.41. The summed E-state index contributed by atoms with van der Waals surface area (Å²) in [7, 11) is 1.92. The molecular weight excluding hydrogens is 244 g/mol. The molecule has 0 fully saturated rings. The standard InChI is InChI=1S/C18H16N2/c1-3-13-12-14(8-9-17(13)19-2)15-10-11-20-18-7-5-4-6-16(15)18/h3-12,19H,1H2,2H3. The van der Waals surface area contributed by atoms with E-state index in [9.17, 15) is 0 Å². The number of nitrogens with zero attached hydrogens (tertiary/aromatic N) is 1. The minimum absolute atomic E-state index is 1.02. The van der Waals surface area contributed by atoms with Crippen molar-refractivity contribution in [3.05, 3.63) is 66.9 Å². The number of pyridine rings is 1. The number of hydrogen-bond acceptors (Lipinski definition) is 2. The van der Waals surface area contributed by atoms with Crippen LogP contribution in [0.15, 0.2) is 61.3 Å². The molecule has 0 aliphatic rings. The van der Waals surface area contributed by atoms with E-state index in [2.05, 4.69) is 47.2 Å². The fraction of sp³-hybridized carbons (Fsp3) is 0.0556. The van der Waals surface area contributed by atoms with Crippen molar-refractivity contribution in [3.8, 4) is 11.1 Å². The Kier molecular flexibility index (Phi) is 3.21. The van der Waals surface area contributed by atoms with E-state index in [1.165, 1.54) is 16.5 Å². The Morgan fingerprint density at radius 1 is 1.10 bits per heavy atom. The number of para-hydroxylation sites is 1. The first-order valence-corrected chi connectivity index (χ1v) is 6.62. The van der Waals surface area contributed by atoms with Gasteiger partial charge in [0, 0.05) is 24.3 Å². The van der Waals surface area contributed by atoms with Crippen LogP contribution in [-0.4, -0.2) is 12.0 Å². The van der Waals surface area contributed by atoms with Gasteiger partial charge in [-0.2, -0.15) is 0 Å². The molecule has 0 radical (unpaired) electrons. The first-order valence-electron chi connectivity index (χ1n) is 6.62. The Balaban J connectivity index is 2.23. The molecule has 0 aliphatic carbocycles. The molecule has 0 bridgehead atoms. The van der Waals surface area contributed by atoms with E-state index in [4.69, 9.17) is 0 Å². The number of fused-ring (bicyclic) bond motifs is 1. The minimum Gasteiger partial charge on any atom is -0.388 e. The largest absolute Gasteiger partial charge is 0.388 e. The molecule has 20 heavy (non-hydrogen) atoms. The van der Waals surface area contributed by atoms with Gasteiger partial charge in [0.15, 0.2) is 0 Å². The molecule has 0 aliphatic heterocycles. The zero-order valence-corrected chi connectivity index (χ0v) is 11.4. The van der Waals surface area contributed by atoms with Crippen LogP contribution in [0.2, 0.25) is 0 Å². The highest BCUT2D eigenvalue weighted by atomic mass is 14.8. The van der Waals surface area contributed by atoms with Crippen molar-refractivity contribution in [1.29, 1.82) is 0 Å². The van der Waals surface area contributed by atoms with Crippen LogP contribution in [0.5, 0.6) is 0 Å². The maximum Gasteiger partial charge on any atom is 0.0708 e. The topological polar surface area (TPSA) is 24.9 Å². The van der Waals surface area contributed by atoms with E-state index in [0.717, 1.165) is 16.8 Å². The summed E-state index contributed by atoms with van der Waals surface area (Å²) in [5, 5.41) is 4.35. The second-order valence-electron chi connectivity index (χ2n) is 4.63. The average Bonchev–Trinajstić information content (AvgIpc) is 2.53. The van der Waals surface area contributed by atoms with E-state index in [-0.39, 0.29) is 0 Å². The normalized spacial score (nSPS) is 10.4. The first-order chi connectivity index (χ1) is 9.83. The number of rotatable bonds is 3. The first kappa shape index (κ1) is 12.4. The van der Waals surface area contributed by atoms with E-state index in [1.807, 2.05) is 37.5 Å². The second-order valence-corrected chi connectivity index (χ2v) is 4.63. The van der Waals surface area contributed by atoms with Crippen molar-refractivity contribution >= 4 is 22.7 Å². The average molecular weight is 260 g/mol. The van der Waals surface area contributed by atoms with Crippen molar-refractivity contribution in [2.75, 3.05) is 12.4 Å².